The predicted molar refractivity (Wildman–Crippen MR) is 50.4 cm³/mol. The lowest BCUT2D eigenvalue weighted by Gasteiger charge is -1.87. The number of rotatable bonds is 0. The van der Waals surface area contributed by atoms with Crippen LogP contribution in [0.15, 0.2) is 48.6 Å². The molecule has 0 radical (unpaired) electrons. The minimum atomic E-state index is 1.19. The van der Waals surface area contributed by atoms with E-state index in [1.54, 1.807) is 0 Å². The molecule has 1 aliphatic rings. The zero-order valence-corrected chi connectivity index (χ0v) is 6.74. The molecule has 1 rings (SSSR count). The monoisotopic (exact) mass is 146 g/mol. The topological polar surface area (TPSA) is 0 Å². The van der Waals surface area contributed by atoms with Gasteiger partial charge in [-0.05, 0) is 19.3 Å². The fourth-order valence-corrected chi connectivity index (χ4v) is 0.960. The highest BCUT2D eigenvalue weighted by molar-refractivity contribution is 5.15. The first kappa shape index (κ1) is 8.06. The van der Waals surface area contributed by atoms with Gasteiger partial charge in [-0.3, -0.25) is 0 Å². The Morgan fingerprint density at radius 1 is 0.545 bits per heavy atom. The van der Waals surface area contributed by atoms with Crippen LogP contribution >= 0.6 is 0 Å². The fraction of sp³-hybridized carbons (Fsp3) is 0.273. The lowest BCUT2D eigenvalue weighted by Crippen LogP contribution is -1.67. The first-order valence-electron chi connectivity index (χ1n) is 4.15. The maximum atomic E-state index is 2.21. The van der Waals surface area contributed by atoms with E-state index < -0.39 is 0 Å². The molecule has 0 fully saturated rings. The summed E-state index contributed by atoms with van der Waals surface area (Å²) in [6.07, 6.45) is 20.5. The van der Waals surface area contributed by atoms with Crippen LogP contribution in [0, 0.1) is 0 Å². The Labute approximate surface area is 68.6 Å². The van der Waals surface area contributed by atoms with E-state index in [0.29, 0.717) is 0 Å². The van der Waals surface area contributed by atoms with Gasteiger partial charge in [0.1, 0.15) is 0 Å². The van der Waals surface area contributed by atoms with Crippen molar-refractivity contribution in [3.63, 3.8) is 0 Å². The zero-order chi connectivity index (χ0) is 7.78. The van der Waals surface area contributed by atoms with Crippen LogP contribution in [0.3, 0.4) is 0 Å². The van der Waals surface area contributed by atoms with Gasteiger partial charge in [0, 0.05) is 0 Å². The van der Waals surface area contributed by atoms with Gasteiger partial charge in [-0.25, -0.2) is 0 Å². The van der Waals surface area contributed by atoms with Crippen molar-refractivity contribution < 1.29 is 0 Å². The molecule has 0 atom stereocenters. The van der Waals surface area contributed by atoms with E-state index in [1.165, 1.54) is 19.3 Å². The van der Waals surface area contributed by atoms with Gasteiger partial charge in [0.25, 0.3) is 0 Å². The Kier molecular flexibility index (Phi) is 4.19. The molecule has 0 heterocycles. The van der Waals surface area contributed by atoms with Gasteiger partial charge in [0.05, 0.1) is 0 Å². The number of hydrogen-bond donors (Lipinski definition) is 0. The van der Waals surface area contributed by atoms with Crippen LogP contribution in [0.25, 0.3) is 0 Å². The van der Waals surface area contributed by atoms with Crippen LogP contribution in [0.1, 0.15) is 19.3 Å². The first-order valence-corrected chi connectivity index (χ1v) is 4.15. The van der Waals surface area contributed by atoms with E-state index in [1.807, 2.05) is 12.2 Å². The van der Waals surface area contributed by atoms with Gasteiger partial charge in [-0.2, -0.15) is 0 Å². The maximum absolute atomic E-state index is 2.21. The average Bonchev–Trinajstić information content (AvgIpc) is 2.08. The molecule has 0 aromatic carbocycles. The van der Waals surface area contributed by atoms with Crippen molar-refractivity contribution in [2.75, 3.05) is 0 Å². The van der Waals surface area contributed by atoms with Gasteiger partial charge < -0.3 is 0 Å². The lowest BCUT2D eigenvalue weighted by molar-refractivity contribution is 0.868. The van der Waals surface area contributed by atoms with Crippen molar-refractivity contribution in [2.24, 2.45) is 0 Å². The van der Waals surface area contributed by atoms with E-state index in [2.05, 4.69) is 36.5 Å². The minimum absolute atomic E-state index is 1.19. The molecule has 0 amide bonds. The van der Waals surface area contributed by atoms with Crippen molar-refractivity contribution in [1.29, 1.82) is 0 Å². The summed E-state index contributed by atoms with van der Waals surface area (Å²) < 4.78 is 0. The molecular formula is C11H14. The Morgan fingerprint density at radius 2 is 1.00 bits per heavy atom. The summed E-state index contributed by atoms with van der Waals surface area (Å²) in [6.45, 7) is 0. The Morgan fingerprint density at radius 3 is 1.55 bits per heavy atom. The van der Waals surface area contributed by atoms with Crippen molar-refractivity contribution in [3.8, 4) is 0 Å². The summed E-state index contributed by atoms with van der Waals surface area (Å²) in [5, 5.41) is 0. The molecule has 0 aromatic rings. The van der Waals surface area contributed by atoms with Crippen LogP contribution in [0.4, 0.5) is 0 Å². The van der Waals surface area contributed by atoms with Crippen LogP contribution < -0.4 is 0 Å². The zero-order valence-electron chi connectivity index (χ0n) is 6.74. The lowest BCUT2D eigenvalue weighted by atomic mass is 10.2. The summed E-state index contributed by atoms with van der Waals surface area (Å²) in [4.78, 5) is 0. The van der Waals surface area contributed by atoms with E-state index in [-0.39, 0.29) is 0 Å². The summed E-state index contributed by atoms with van der Waals surface area (Å²) >= 11 is 0. The summed E-state index contributed by atoms with van der Waals surface area (Å²) in [5.74, 6) is 0. The van der Waals surface area contributed by atoms with Crippen LogP contribution in [-0.2, 0) is 0 Å². The quantitative estimate of drug-likeness (QED) is 0.491. The van der Waals surface area contributed by atoms with E-state index in [4.69, 9.17) is 0 Å². The minimum Gasteiger partial charge on any atom is -0.0845 e. The molecule has 11 heavy (non-hydrogen) atoms. The molecule has 58 valence electrons. The number of allylic oxidation sites excluding steroid dienone is 8. The standard InChI is InChI=1S/C11H14/c1-2-4-6-8-10-11-9-7-5-3-1/h1-8H,9-11H2/b3-1-,4-2+,7-5-,8-6-. The molecule has 0 saturated heterocycles. The molecule has 0 aromatic heterocycles. The van der Waals surface area contributed by atoms with Gasteiger partial charge >= 0.3 is 0 Å². The van der Waals surface area contributed by atoms with E-state index in [0.717, 1.165) is 0 Å². The molecule has 0 spiro atoms. The third-order valence-corrected chi connectivity index (χ3v) is 1.57. The molecule has 0 bridgehead atoms. The smallest absolute Gasteiger partial charge is 0.0345 e. The molecule has 0 saturated carbocycles. The Balaban J connectivity index is 2.47. The third kappa shape index (κ3) is 4.38. The summed E-state index contributed by atoms with van der Waals surface area (Å²) in [7, 11) is 0. The molecule has 0 nitrogen and oxygen atoms in total. The average molecular weight is 146 g/mol. The largest absolute Gasteiger partial charge is 0.0845 e. The highest BCUT2D eigenvalue weighted by atomic mass is 13.9. The van der Waals surface area contributed by atoms with Crippen molar-refractivity contribution in [2.45, 2.75) is 19.3 Å². The molecule has 0 heteroatoms. The van der Waals surface area contributed by atoms with Gasteiger partial charge in [0.15, 0.2) is 0 Å². The SMILES string of the molecule is C1=C\C=C\C=C/CCC\C=C/1. The van der Waals surface area contributed by atoms with Crippen molar-refractivity contribution >= 4 is 0 Å². The van der Waals surface area contributed by atoms with Crippen molar-refractivity contribution in [3.05, 3.63) is 48.6 Å². The van der Waals surface area contributed by atoms with Crippen LogP contribution in [0.2, 0.25) is 0 Å². The van der Waals surface area contributed by atoms with E-state index in [9.17, 15) is 0 Å². The van der Waals surface area contributed by atoms with Gasteiger partial charge in [-0.15, -0.1) is 0 Å². The van der Waals surface area contributed by atoms with E-state index >= 15 is 0 Å². The summed E-state index contributed by atoms with van der Waals surface area (Å²) in [5.41, 5.74) is 0. The predicted octanol–water partition coefficient (Wildman–Crippen LogP) is 3.40. The fourth-order valence-electron chi connectivity index (χ4n) is 0.960. The maximum Gasteiger partial charge on any atom is -0.0345 e. The molecule has 0 N–H and O–H groups in total. The summed E-state index contributed by atoms with van der Waals surface area (Å²) in [6, 6.07) is 0. The van der Waals surface area contributed by atoms with Gasteiger partial charge in [0.2, 0.25) is 0 Å². The second kappa shape index (κ2) is 5.72. The van der Waals surface area contributed by atoms with Crippen LogP contribution in [0.5, 0.6) is 0 Å². The third-order valence-electron chi connectivity index (χ3n) is 1.57. The Bertz CT molecular complexity index is 170. The second-order valence-electron chi connectivity index (χ2n) is 2.56. The molecule has 0 aliphatic heterocycles. The number of hydrogen-bond acceptors (Lipinski definition) is 0. The van der Waals surface area contributed by atoms with Gasteiger partial charge in [-0.1, -0.05) is 48.6 Å². The second-order valence-corrected chi connectivity index (χ2v) is 2.56. The van der Waals surface area contributed by atoms with Crippen LogP contribution in [-0.4, -0.2) is 0 Å². The van der Waals surface area contributed by atoms with Crippen molar-refractivity contribution in [1.82, 2.24) is 0 Å². The first-order chi connectivity index (χ1) is 5.50. The normalized spacial score (nSPS) is 29.8. The highest BCUT2D eigenvalue weighted by Gasteiger charge is 1.79. The molecule has 1 aliphatic carbocycles. The Hall–Kier alpha value is -1.04. The highest BCUT2D eigenvalue weighted by Crippen LogP contribution is 1.99. The molecule has 0 unspecified atom stereocenters. The molecular weight excluding hydrogens is 132 g/mol.